The van der Waals surface area contributed by atoms with Crippen LogP contribution >= 0.6 is 0 Å². The summed E-state index contributed by atoms with van der Waals surface area (Å²) in [5, 5.41) is 2.82. The van der Waals surface area contributed by atoms with Crippen molar-refractivity contribution in [3.63, 3.8) is 0 Å². The topological polar surface area (TPSA) is 64.1 Å². The van der Waals surface area contributed by atoms with E-state index in [1.165, 1.54) is 0 Å². The summed E-state index contributed by atoms with van der Waals surface area (Å²) in [6.07, 6.45) is 3.20. The predicted octanol–water partition coefficient (Wildman–Crippen LogP) is 1.64. The van der Waals surface area contributed by atoms with Gasteiger partial charge in [-0.05, 0) is 13.3 Å². The average Bonchev–Trinajstić information content (AvgIpc) is 1.88. The van der Waals surface area contributed by atoms with E-state index in [1.54, 1.807) is 6.08 Å². The molecule has 0 aromatic carbocycles. The van der Waals surface area contributed by atoms with E-state index in [0.717, 1.165) is 6.42 Å². The molecule has 0 radical (unpaired) electrons. The predicted molar refractivity (Wildman–Crippen MR) is 47.7 cm³/mol. The molecule has 66 valence electrons. The monoisotopic (exact) mass is 158 g/mol. The fourth-order valence-electron chi connectivity index (χ4n) is 0.686. The molecule has 0 rings (SSSR count). The minimum Gasteiger partial charge on any atom is -0.353 e. The highest BCUT2D eigenvalue weighted by molar-refractivity contribution is 5.75. The van der Waals surface area contributed by atoms with Crippen molar-refractivity contribution in [1.82, 2.24) is 11.5 Å². The lowest BCUT2D eigenvalue weighted by molar-refractivity contribution is -0.121. The van der Waals surface area contributed by atoms with Crippen LogP contribution in [0.2, 0.25) is 0 Å². The zero-order valence-corrected chi connectivity index (χ0v) is 7.39. The first kappa shape index (κ1) is 12.8. The van der Waals surface area contributed by atoms with Crippen LogP contribution < -0.4 is 11.5 Å². The summed E-state index contributed by atoms with van der Waals surface area (Å²) in [5.41, 5.74) is 0. The third-order valence-corrected chi connectivity index (χ3v) is 1.25. The van der Waals surface area contributed by atoms with Gasteiger partial charge in [-0.3, -0.25) is 4.79 Å². The molecule has 0 aliphatic heterocycles. The smallest absolute Gasteiger partial charge is 0.219 e. The van der Waals surface area contributed by atoms with E-state index >= 15 is 0 Å². The van der Waals surface area contributed by atoms with Crippen LogP contribution in [0.5, 0.6) is 0 Å². The van der Waals surface area contributed by atoms with Crippen molar-refractivity contribution in [2.75, 3.05) is 0 Å². The summed E-state index contributed by atoms with van der Waals surface area (Å²) in [7, 11) is 0. The van der Waals surface area contributed by atoms with Crippen LogP contribution in [0.3, 0.4) is 0 Å². The van der Waals surface area contributed by atoms with Crippen LogP contribution in [0.4, 0.5) is 0 Å². The van der Waals surface area contributed by atoms with Crippen molar-refractivity contribution in [3.8, 4) is 0 Å². The Hall–Kier alpha value is -0.830. The Kier molecular flexibility index (Phi) is 8.48. The van der Waals surface area contributed by atoms with Gasteiger partial charge in [0.05, 0.1) is 0 Å². The second kappa shape index (κ2) is 7.28. The standard InChI is InChI=1S/C8H15NO.H3N/c1-4-6-7(3)9-8(10)5-2;/h4,7H,1,5-6H2,2-3H3,(H,9,10);1H3. The molecule has 0 aromatic heterocycles. The summed E-state index contributed by atoms with van der Waals surface area (Å²) in [6.45, 7) is 7.39. The molecular weight excluding hydrogens is 140 g/mol. The first-order chi connectivity index (χ1) is 4.70. The molecule has 0 bridgehead atoms. The Labute approximate surface area is 68.5 Å². The number of hydrogen-bond acceptors (Lipinski definition) is 2. The molecule has 0 spiro atoms. The quantitative estimate of drug-likeness (QED) is 0.611. The summed E-state index contributed by atoms with van der Waals surface area (Å²) in [4.78, 5) is 10.8. The van der Waals surface area contributed by atoms with Crippen molar-refractivity contribution >= 4 is 5.91 Å². The number of amides is 1. The van der Waals surface area contributed by atoms with E-state index in [0.29, 0.717) is 6.42 Å². The Bertz CT molecular complexity index is 123. The lowest BCUT2D eigenvalue weighted by Crippen LogP contribution is -2.31. The number of carbonyl (C=O) groups is 1. The molecule has 1 unspecified atom stereocenters. The Balaban J connectivity index is 0. The van der Waals surface area contributed by atoms with E-state index in [-0.39, 0.29) is 18.1 Å². The van der Waals surface area contributed by atoms with E-state index in [2.05, 4.69) is 11.9 Å². The maximum absolute atomic E-state index is 10.8. The summed E-state index contributed by atoms with van der Waals surface area (Å²) < 4.78 is 0. The molecule has 3 nitrogen and oxygen atoms in total. The molecule has 0 fully saturated rings. The van der Waals surface area contributed by atoms with Crippen LogP contribution in [0.25, 0.3) is 0 Å². The molecule has 0 aliphatic carbocycles. The molecule has 11 heavy (non-hydrogen) atoms. The molecule has 3 heteroatoms. The summed E-state index contributed by atoms with van der Waals surface area (Å²) in [5.74, 6) is 0.106. The third-order valence-electron chi connectivity index (χ3n) is 1.25. The Morgan fingerprint density at radius 2 is 2.27 bits per heavy atom. The number of nitrogens with one attached hydrogen (secondary N) is 1. The van der Waals surface area contributed by atoms with Gasteiger partial charge in [-0.1, -0.05) is 13.0 Å². The highest BCUT2D eigenvalue weighted by Gasteiger charge is 2.01. The maximum Gasteiger partial charge on any atom is 0.219 e. The van der Waals surface area contributed by atoms with E-state index in [4.69, 9.17) is 0 Å². The molecule has 1 atom stereocenters. The molecule has 0 aliphatic rings. The van der Waals surface area contributed by atoms with E-state index < -0.39 is 0 Å². The van der Waals surface area contributed by atoms with Gasteiger partial charge in [0.15, 0.2) is 0 Å². The molecule has 0 aromatic rings. The molecule has 4 N–H and O–H groups in total. The van der Waals surface area contributed by atoms with Gasteiger partial charge in [0, 0.05) is 12.5 Å². The van der Waals surface area contributed by atoms with Crippen LogP contribution in [-0.4, -0.2) is 11.9 Å². The minimum absolute atomic E-state index is 0. The van der Waals surface area contributed by atoms with Crippen LogP contribution in [0.15, 0.2) is 12.7 Å². The lowest BCUT2D eigenvalue weighted by atomic mass is 10.2. The number of hydrogen-bond donors (Lipinski definition) is 2. The summed E-state index contributed by atoms with van der Waals surface area (Å²) >= 11 is 0. The van der Waals surface area contributed by atoms with Crippen molar-refractivity contribution in [3.05, 3.63) is 12.7 Å². The largest absolute Gasteiger partial charge is 0.353 e. The van der Waals surface area contributed by atoms with E-state index in [9.17, 15) is 4.79 Å². The van der Waals surface area contributed by atoms with Crippen molar-refractivity contribution < 1.29 is 4.79 Å². The number of rotatable bonds is 4. The SMILES string of the molecule is C=CCC(C)NC(=O)CC.N. The third kappa shape index (κ3) is 7.06. The zero-order chi connectivity index (χ0) is 7.98. The van der Waals surface area contributed by atoms with Crippen LogP contribution in [-0.2, 0) is 4.79 Å². The lowest BCUT2D eigenvalue weighted by Gasteiger charge is -2.09. The molecule has 0 saturated carbocycles. The second-order valence-electron chi connectivity index (χ2n) is 2.35. The van der Waals surface area contributed by atoms with Crippen LogP contribution in [0, 0.1) is 0 Å². The van der Waals surface area contributed by atoms with Crippen molar-refractivity contribution in [2.24, 2.45) is 0 Å². The van der Waals surface area contributed by atoms with Gasteiger partial charge in [-0.15, -0.1) is 6.58 Å². The van der Waals surface area contributed by atoms with Gasteiger partial charge < -0.3 is 11.5 Å². The normalized spacial score (nSPS) is 11.1. The average molecular weight is 158 g/mol. The van der Waals surface area contributed by atoms with Gasteiger partial charge in [-0.2, -0.15) is 0 Å². The number of carbonyl (C=O) groups excluding carboxylic acids is 1. The van der Waals surface area contributed by atoms with Crippen molar-refractivity contribution in [1.29, 1.82) is 0 Å². The first-order valence-corrected chi connectivity index (χ1v) is 3.61. The Morgan fingerprint density at radius 1 is 1.73 bits per heavy atom. The minimum atomic E-state index is 0. The van der Waals surface area contributed by atoms with E-state index in [1.807, 2.05) is 13.8 Å². The van der Waals surface area contributed by atoms with Gasteiger partial charge in [0.2, 0.25) is 5.91 Å². The molecule has 0 heterocycles. The fraction of sp³-hybridized carbons (Fsp3) is 0.625. The van der Waals surface area contributed by atoms with Crippen molar-refractivity contribution in [2.45, 2.75) is 32.7 Å². The summed E-state index contributed by atoms with van der Waals surface area (Å²) in [6, 6.07) is 0.227. The maximum atomic E-state index is 10.8. The first-order valence-electron chi connectivity index (χ1n) is 3.61. The van der Waals surface area contributed by atoms with Crippen LogP contribution in [0.1, 0.15) is 26.7 Å². The fourth-order valence-corrected chi connectivity index (χ4v) is 0.686. The highest BCUT2D eigenvalue weighted by atomic mass is 16.1. The van der Waals surface area contributed by atoms with Gasteiger partial charge >= 0.3 is 0 Å². The second-order valence-corrected chi connectivity index (χ2v) is 2.35. The molecule has 1 amide bonds. The Morgan fingerprint density at radius 3 is 2.64 bits per heavy atom. The van der Waals surface area contributed by atoms with Gasteiger partial charge in [-0.25, -0.2) is 0 Å². The van der Waals surface area contributed by atoms with Gasteiger partial charge in [0.1, 0.15) is 0 Å². The van der Waals surface area contributed by atoms with Gasteiger partial charge in [0.25, 0.3) is 0 Å². The zero-order valence-electron chi connectivity index (χ0n) is 7.39. The highest BCUT2D eigenvalue weighted by Crippen LogP contribution is 1.90. The molecular formula is C8H18N2O. The molecule has 0 saturated heterocycles.